The van der Waals surface area contributed by atoms with Crippen molar-refractivity contribution < 1.29 is 0 Å². The fourth-order valence-corrected chi connectivity index (χ4v) is 0.354. The Morgan fingerprint density at radius 2 is 0.875 bits per heavy atom. The molecule has 0 nitrogen and oxygen atoms in total. The second kappa shape index (κ2) is 52.3. The van der Waals surface area contributed by atoms with Crippen molar-refractivity contribution in [3.05, 3.63) is 12.7 Å². The maximum atomic E-state index is 4.78. The van der Waals surface area contributed by atoms with Crippen LogP contribution in [0.1, 0.15) is 169 Å². The summed E-state index contributed by atoms with van der Waals surface area (Å²) in [4.78, 5) is 0. The molecular weight excluding hydrogens is 384 g/mol. The Morgan fingerprint density at radius 3 is 0.875 bits per heavy atom. The van der Waals surface area contributed by atoms with Crippen molar-refractivity contribution >= 4 is 0 Å². The zero-order chi connectivity index (χ0) is 27.4. The second-order valence-electron chi connectivity index (χ2n) is 10.2. The van der Waals surface area contributed by atoms with Gasteiger partial charge in [-0.3, -0.25) is 0 Å². The zero-order valence-electron chi connectivity index (χ0n) is 26.4. The Bertz CT molecular complexity index is 251. The van der Waals surface area contributed by atoms with Crippen LogP contribution in [-0.4, -0.2) is 0 Å². The first kappa shape index (κ1) is 48.7. The van der Waals surface area contributed by atoms with Gasteiger partial charge in [0.05, 0.1) is 0 Å². The Morgan fingerprint density at radius 1 is 0.688 bits per heavy atom. The predicted octanol–water partition coefficient (Wildman–Crippen LogP) is 12.8. The van der Waals surface area contributed by atoms with E-state index in [-0.39, 0.29) is 0 Å². The second-order valence-corrected chi connectivity index (χ2v) is 10.2. The lowest BCUT2D eigenvalue weighted by molar-refractivity contribution is 0.469. The standard InChI is InChI=1S/4C5H12.C4H10.C4H8.C4H6/c1-5(2,3)4;2*1-4-5(2)3;1-3-5-4-2;3*1-3-4-2/h1-4H3;2*5H,4H2,1-3H3;3-5H2,1-2H3;3-4H2,1-2H3;3H,1,4H2,2H3;1H,4H2,2H3. The van der Waals surface area contributed by atoms with Crippen molar-refractivity contribution in [2.24, 2.45) is 17.3 Å². The van der Waals surface area contributed by atoms with Gasteiger partial charge in [-0.2, -0.15) is 0 Å². The summed E-state index contributed by atoms with van der Waals surface area (Å²) in [6, 6.07) is 0. The van der Waals surface area contributed by atoms with Crippen LogP contribution in [0.5, 0.6) is 0 Å². The lowest BCUT2D eigenvalue weighted by Gasteiger charge is -2.05. The van der Waals surface area contributed by atoms with E-state index >= 15 is 0 Å². The first-order chi connectivity index (χ1) is 14.7. The molecule has 0 radical (unpaired) electrons. The quantitative estimate of drug-likeness (QED) is 0.275. The minimum atomic E-state index is 0.500. The Kier molecular flexibility index (Phi) is 79.5. The van der Waals surface area contributed by atoms with Crippen LogP contribution in [0.3, 0.4) is 0 Å². The molecule has 0 amide bonds. The van der Waals surface area contributed by atoms with Crippen molar-refractivity contribution in [3.8, 4) is 12.3 Å². The summed E-state index contributed by atoms with van der Waals surface area (Å²) in [6.45, 7) is 38.3. The van der Waals surface area contributed by atoms with Crippen molar-refractivity contribution in [1.29, 1.82) is 0 Å². The number of rotatable bonds is 6. The first-order valence-corrected chi connectivity index (χ1v) is 13.7. The van der Waals surface area contributed by atoms with Gasteiger partial charge in [0.1, 0.15) is 0 Å². The number of allylic oxidation sites excluding steroid dienone is 1. The smallest absolute Gasteiger partial charge is 0.00576 e. The molecule has 200 valence electrons. The highest BCUT2D eigenvalue weighted by molar-refractivity contribution is 4.80. The van der Waals surface area contributed by atoms with Gasteiger partial charge in [-0.25, -0.2) is 0 Å². The molecule has 0 atom stereocenters. The summed E-state index contributed by atoms with van der Waals surface area (Å²) in [5.74, 6) is 4.20. The fourth-order valence-electron chi connectivity index (χ4n) is 0.354. The summed E-state index contributed by atoms with van der Waals surface area (Å²) >= 11 is 0. The summed E-state index contributed by atoms with van der Waals surface area (Å²) in [5, 5.41) is 0. The third-order valence-electron chi connectivity index (χ3n) is 3.33. The molecule has 0 aromatic rings. The van der Waals surface area contributed by atoms with Crippen LogP contribution in [0.4, 0.5) is 0 Å². The molecule has 0 fully saturated rings. The molecule has 0 aliphatic carbocycles. The maximum absolute atomic E-state index is 4.78. The number of hydrogen-bond donors (Lipinski definition) is 0. The van der Waals surface area contributed by atoms with Crippen molar-refractivity contribution in [2.45, 2.75) is 169 Å². The minimum Gasteiger partial charge on any atom is -0.120 e. The SMILES string of the molecule is C#CCC.C=CCC.CC(C)(C)C.CCC(C)C.CCC(C)C.CCCC.CCCCC. The highest BCUT2D eigenvalue weighted by Gasteiger charge is 1.95. The van der Waals surface area contributed by atoms with Crippen LogP contribution in [-0.2, 0) is 0 Å². The highest BCUT2D eigenvalue weighted by Crippen LogP contribution is 2.08. The molecule has 0 heterocycles. The van der Waals surface area contributed by atoms with Crippen LogP contribution in [0.2, 0.25) is 0 Å². The highest BCUT2D eigenvalue weighted by atomic mass is 14.0. The first-order valence-electron chi connectivity index (χ1n) is 13.7. The average molecular weight is 457 g/mol. The predicted molar refractivity (Wildman–Crippen MR) is 161 cm³/mol. The lowest BCUT2D eigenvalue weighted by Crippen LogP contribution is -1.93. The Labute approximate surface area is 210 Å². The summed E-state index contributed by atoms with van der Waals surface area (Å²) < 4.78 is 0. The summed E-state index contributed by atoms with van der Waals surface area (Å²) in [7, 11) is 0. The van der Waals surface area contributed by atoms with Gasteiger partial charge >= 0.3 is 0 Å². The normalized spacial score (nSPS) is 8.53. The molecule has 0 bridgehead atoms. The van der Waals surface area contributed by atoms with Gasteiger partial charge in [0.2, 0.25) is 0 Å². The van der Waals surface area contributed by atoms with E-state index in [0.29, 0.717) is 5.41 Å². The largest absolute Gasteiger partial charge is 0.120 e. The van der Waals surface area contributed by atoms with Gasteiger partial charge in [0, 0.05) is 6.42 Å². The number of unbranched alkanes of at least 4 members (excludes halogenated alkanes) is 3. The molecule has 0 N–H and O–H groups in total. The van der Waals surface area contributed by atoms with Gasteiger partial charge in [0.25, 0.3) is 0 Å². The van der Waals surface area contributed by atoms with Gasteiger partial charge in [-0.05, 0) is 23.7 Å². The summed E-state index contributed by atoms with van der Waals surface area (Å²) in [5.41, 5.74) is 0.500. The maximum Gasteiger partial charge on any atom is 0.00576 e. The Balaban J connectivity index is -0.0000000457. The molecule has 0 spiro atoms. The monoisotopic (exact) mass is 457 g/mol. The lowest BCUT2D eigenvalue weighted by atomic mass is 10.0. The summed E-state index contributed by atoms with van der Waals surface area (Å²) in [6.07, 6.45) is 17.9. The molecule has 0 aliphatic rings. The molecule has 0 saturated carbocycles. The minimum absolute atomic E-state index is 0.500. The van der Waals surface area contributed by atoms with Gasteiger partial charge in [0.15, 0.2) is 0 Å². The fraction of sp³-hybridized carbons (Fsp3) is 0.875. The van der Waals surface area contributed by atoms with Gasteiger partial charge < -0.3 is 0 Å². The molecule has 0 aromatic heterocycles. The molecule has 32 heavy (non-hydrogen) atoms. The Hall–Kier alpha value is -0.700. The molecule has 0 rings (SSSR count). The molecule has 0 unspecified atom stereocenters. The third-order valence-corrected chi connectivity index (χ3v) is 3.33. The van der Waals surface area contributed by atoms with Crippen molar-refractivity contribution in [2.75, 3.05) is 0 Å². The molecule has 0 aromatic carbocycles. The third kappa shape index (κ3) is 341. The number of hydrogen-bond acceptors (Lipinski definition) is 0. The van der Waals surface area contributed by atoms with E-state index in [1.54, 1.807) is 0 Å². The topological polar surface area (TPSA) is 0 Å². The van der Waals surface area contributed by atoms with Crippen molar-refractivity contribution in [1.82, 2.24) is 0 Å². The van der Waals surface area contributed by atoms with E-state index in [2.05, 4.69) is 116 Å². The van der Waals surface area contributed by atoms with E-state index in [0.717, 1.165) is 24.7 Å². The molecule has 0 heteroatoms. The molecular formula is C32H72. The van der Waals surface area contributed by atoms with Crippen LogP contribution in [0.15, 0.2) is 12.7 Å². The molecule has 0 aliphatic heterocycles. The molecule has 0 saturated heterocycles. The number of terminal acetylenes is 1. The van der Waals surface area contributed by atoms with E-state index in [1.807, 2.05) is 13.0 Å². The van der Waals surface area contributed by atoms with E-state index in [9.17, 15) is 0 Å². The van der Waals surface area contributed by atoms with Crippen LogP contribution < -0.4 is 0 Å². The zero-order valence-corrected chi connectivity index (χ0v) is 26.4. The van der Waals surface area contributed by atoms with Gasteiger partial charge in [-0.1, -0.05) is 162 Å². The average Bonchev–Trinajstić information content (AvgIpc) is 2.74. The van der Waals surface area contributed by atoms with Crippen LogP contribution in [0.25, 0.3) is 0 Å². The van der Waals surface area contributed by atoms with Crippen molar-refractivity contribution in [3.63, 3.8) is 0 Å². The van der Waals surface area contributed by atoms with Gasteiger partial charge in [-0.15, -0.1) is 18.9 Å². The van der Waals surface area contributed by atoms with Crippen LogP contribution in [0, 0.1) is 29.6 Å². The van der Waals surface area contributed by atoms with E-state index < -0.39 is 0 Å². The van der Waals surface area contributed by atoms with Crippen LogP contribution >= 0.6 is 0 Å². The van der Waals surface area contributed by atoms with E-state index in [4.69, 9.17) is 6.42 Å². The van der Waals surface area contributed by atoms with E-state index in [1.165, 1.54) is 44.9 Å².